The summed E-state index contributed by atoms with van der Waals surface area (Å²) in [5.74, 6) is -0.0632. The number of rotatable bonds is 8. The Morgan fingerprint density at radius 3 is 2.62 bits per heavy atom. The van der Waals surface area contributed by atoms with E-state index in [1.165, 1.54) is 23.9 Å². The van der Waals surface area contributed by atoms with E-state index in [1.807, 2.05) is 13.8 Å². The lowest BCUT2D eigenvalue weighted by Crippen LogP contribution is -2.21. The van der Waals surface area contributed by atoms with Gasteiger partial charge in [0.2, 0.25) is 0 Å². The van der Waals surface area contributed by atoms with Gasteiger partial charge < -0.3 is 14.6 Å². The summed E-state index contributed by atoms with van der Waals surface area (Å²) in [4.78, 5) is 36.1. The van der Waals surface area contributed by atoms with E-state index in [4.69, 9.17) is 9.26 Å². The van der Waals surface area contributed by atoms with Crippen LogP contribution in [0.2, 0.25) is 0 Å². The van der Waals surface area contributed by atoms with Gasteiger partial charge in [-0.3, -0.25) is 14.9 Å². The van der Waals surface area contributed by atoms with E-state index in [0.29, 0.717) is 21.8 Å². The van der Waals surface area contributed by atoms with Crippen molar-refractivity contribution in [3.8, 4) is 0 Å². The molecule has 0 unspecified atom stereocenters. The number of hydrogen-bond donors (Lipinski definition) is 1. The molecular weight excluding hydrogens is 434 g/mol. The lowest BCUT2D eigenvalue weighted by Gasteiger charge is -2.10. The van der Waals surface area contributed by atoms with Crippen molar-refractivity contribution < 1.29 is 23.8 Å². The lowest BCUT2D eigenvalue weighted by atomic mass is 10.2. The molecule has 10 heteroatoms. The molecule has 3 aromatic rings. The van der Waals surface area contributed by atoms with Crippen LogP contribution in [0.1, 0.15) is 32.9 Å². The third-order valence-electron chi connectivity index (χ3n) is 4.62. The summed E-state index contributed by atoms with van der Waals surface area (Å²) >= 11 is 1.43. The maximum Gasteiger partial charge on any atom is 0.339 e. The van der Waals surface area contributed by atoms with E-state index in [2.05, 4.69) is 10.5 Å². The lowest BCUT2D eigenvalue weighted by molar-refractivity contribution is -0.384. The molecule has 0 aliphatic heterocycles. The third kappa shape index (κ3) is 5.52. The molecule has 0 bridgehead atoms. The Balaban J connectivity index is 1.63. The van der Waals surface area contributed by atoms with Crippen molar-refractivity contribution in [3.05, 3.63) is 80.7 Å². The van der Waals surface area contributed by atoms with Crippen LogP contribution in [0.15, 0.2) is 51.9 Å². The number of anilines is 1. The van der Waals surface area contributed by atoms with E-state index in [-0.39, 0.29) is 11.4 Å². The molecule has 0 saturated carbocycles. The van der Waals surface area contributed by atoms with Crippen molar-refractivity contribution in [2.45, 2.75) is 31.4 Å². The summed E-state index contributed by atoms with van der Waals surface area (Å²) in [6.07, 6.45) is 0. The summed E-state index contributed by atoms with van der Waals surface area (Å²) in [7, 11) is 0. The van der Waals surface area contributed by atoms with Gasteiger partial charge in [-0.25, -0.2) is 4.79 Å². The molecule has 0 saturated heterocycles. The second-order valence-corrected chi connectivity index (χ2v) is 8.01. The van der Waals surface area contributed by atoms with Crippen LogP contribution < -0.4 is 5.32 Å². The van der Waals surface area contributed by atoms with E-state index < -0.39 is 23.4 Å². The number of ether oxygens (including phenoxy) is 1. The van der Waals surface area contributed by atoms with E-state index in [1.54, 1.807) is 37.3 Å². The van der Waals surface area contributed by atoms with Crippen LogP contribution >= 0.6 is 11.8 Å². The molecule has 9 nitrogen and oxygen atoms in total. The highest BCUT2D eigenvalue weighted by Crippen LogP contribution is 2.29. The number of benzene rings is 2. The fourth-order valence-corrected chi connectivity index (χ4v) is 4.11. The van der Waals surface area contributed by atoms with Crippen molar-refractivity contribution in [1.82, 2.24) is 5.16 Å². The number of nitro benzene ring substituents is 1. The van der Waals surface area contributed by atoms with Gasteiger partial charge in [0.1, 0.15) is 11.4 Å². The number of nitro groups is 1. The molecule has 32 heavy (non-hydrogen) atoms. The maximum atomic E-state index is 12.6. The number of esters is 1. The van der Waals surface area contributed by atoms with Crippen LogP contribution in [0.3, 0.4) is 0 Å². The van der Waals surface area contributed by atoms with Gasteiger partial charge >= 0.3 is 5.97 Å². The van der Waals surface area contributed by atoms with Crippen LogP contribution in [-0.4, -0.2) is 28.6 Å². The van der Waals surface area contributed by atoms with E-state index in [9.17, 15) is 19.7 Å². The van der Waals surface area contributed by atoms with Crippen molar-refractivity contribution in [3.63, 3.8) is 0 Å². The van der Waals surface area contributed by atoms with Gasteiger partial charge in [0.25, 0.3) is 11.6 Å². The second-order valence-electron chi connectivity index (χ2n) is 6.99. The third-order valence-corrected chi connectivity index (χ3v) is 5.72. The molecular formula is C22H21N3O6S. The zero-order valence-corrected chi connectivity index (χ0v) is 18.5. The average molecular weight is 455 g/mol. The summed E-state index contributed by atoms with van der Waals surface area (Å²) < 4.78 is 10.3. The molecule has 3 rings (SSSR count). The Morgan fingerprint density at radius 2 is 1.94 bits per heavy atom. The quantitative estimate of drug-likeness (QED) is 0.226. The average Bonchev–Trinajstić information content (AvgIpc) is 3.09. The smallest absolute Gasteiger partial charge is 0.339 e. The fourth-order valence-electron chi connectivity index (χ4n) is 2.91. The highest BCUT2D eigenvalue weighted by atomic mass is 32.2. The first kappa shape index (κ1) is 23.0. The molecule has 0 radical (unpaired) electrons. The van der Waals surface area contributed by atoms with Gasteiger partial charge in [-0.15, -0.1) is 11.8 Å². The number of nitrogens with zero attached hydrogens (tertiary/aromatic N) is 2. The van der Waals surface area contributed by atoms with Gasteiger partial charge in [-0.1, -0.05) is 23.4 Å². The van der Waals surface area contributed by atoms with Crippen LogP contribution in [0.25, 0.3) is 0 Å². The molecule has 0 spiro atoms. The Hall–Kier alpha value is -3.66. The van der Waals surface area contributed by atoms with Crippen molar-refractivity contribution in [2.75, 3.05) is 11.9 Å². The Labute approximate surface area is 188 Å². The largest absolute Gasteiger partial charge is 0.452 e. The second kappa shape index (κ2) is 10.1. The minimum atomic E-state index is -0.675. The molecule has 1 aromatic heterocycles. The molecule has 1 N–H and O–H groups in total. The van der Waals surface area contributed by atoms with E-state index >= 15 is 0 Å². The first-order valence-electron chi connectivity index (χ1n) is 9.62. The van der Waals surface area contributed by atoms with Crippen LogP contribution in [0.5, 0.6) is 0 Å². The van der Waals surface area contributed by atoms with Crippen LogP contribution in [-0.2, 0) is 15.3 Å². The summed E-state index contributed by atoms with van der Waals surface area (Å²) in [5, 5.41) is 17.5. The van der Waals surface area contributed by atoms with Gasteiger partial charge in [0.05, 0.1) is 16.2 Å². The minimum Gasteiger partial charge on any atom is -0.452 e. The first-order valence-corrected chi connectivity index (χ1v) is 10.6. The number of aromatic nitrogens is 1. The number of amides is 1. The molecule has 0 aliphatic rings. The number of carbonyl (C=O) groups is 2. The summed E-state index contributed by atoms with van der Waals surface area (Å²) in [5.41, 5.74) is 2.56. The Morgan fingerprint density at radius 1 is 1.19 bits per heavy atom. The van der Waals surface area contributed by atoms with Crippen LogP contribution in [0.4, 0.5) is 11.4 Å². The topological polar surface area (TPSA) is 125 Å². The predicted molar refractivity (Wildman–Crippen MR) is 119 cm³/mol. The van der Waals surface area contributed by atoms with E-state index in [0.717, 1.165) is 17.0 Å². The number of aryl methyl sites for hydroxylation is 3. The minimum absolute atomic E-state index is 0.0389. The number of carbonyl (C=O) groups excluding carboxylic acids is 2. The summed E-state index contributed by atoms with van der Waals surface area (Å²) in [6.45, 7) is 4.81. The number of nitrogens with one attached hydrogen (secondary N) is 1. The van der Waals surface area contributed by atoms with Gasteiger partial charge in [-0.2, -0.15) is 0 Å². The van der Waals surface area contributed by atoms with Crippen molar-refractivity contribution in [2.24, 2.45) is 0 Å². The van der Waals surface area contributed by atoms with Gasteiger partial charge in [0.15, 0.2) is 6.61 Å². The molecule has 0 aliphatic carbocycles. The fraction of sp³-hybridized carbons (Fsp3) is 0.227. The monoisotopic (exact) mass is 455 g/mol. The van der Waals surface area contributed by atoms with Crippen molar-refractivity contribution in [1.29, 1.82) is 0 Å². The summed E-state index contributed by atoms with van der Waals surface area (Å²) in [6, 6.07) is 11.3. The van der Waals surface area contributed by atoms with Gasteiger partial charge in [-0.05, 0) is 44.5 Å². The number of thioether (sulfide) groups is 1. The molecule has 2 aromatic carbocycles. The molecule has 1 amide bonds. The normalized spacial score (nSPS) is 10.6. The zero-order valence-electron chi connectivity index (χ0n) is 17.7. The predicted octanol–water partition coefficient (Wildman–Crippen LogP) is 4.60. The SMILES string of the molecule is Cc1ccc(NC(=O)COC(=O)c2ccccc2SCc2c(C)noc2C)c([N+](=O)[O-])c1. The van der Waals surface area contributed by atoms with Crippen LogP contribution in [0, 0.1) is 30.9 Å². The highest BCUT2D eigenvalue weighted by molar-refractivity contribution is 7.98. The molecule has 1 heterocycles. The number of hydrogen-bond acceptors (Lipinski definition) is 8. The van der Waals surface area contributed by atoms with Crippen molar-refractivity contribution >= 4 is 35.0 Å². The van der Waals surface area contributed by atoms with Gasteiger partial charge in [0, 0.05) is 22.3 Å². The maximum absolute atomic E-state index is 12.6. The molecule has 0 fully saturated rings. The Bertz CT molecular complexity index is 1150. The molecule has 0 atom stereocenters. The first-order chi connectivity index (χ1) is 15.3. The standard InChI is InChI=1S/C22H21N3O6S/c1-13-8-9-18(19(10-13)25(28)29)23-21(26)11-30-22(27)16-6-4-5-7-20(16)32-12-17-14(2)24-31-15(17)3/h4-10H,11-12H2,1-3H3,(H,23,26). The molecule has 166 valence electrons. The highest BCUT2D eigenvalue weighted by Gasteiger charge is 2.19. The zero-order chi connectivity index (χ0) is 23.3. The Kier molecular flexibility index (Phi) is 7.26.